The second-order valence-corrected chi connectivity index (χ2v) is 7.62. The van der Waals surface area contributed by atoms with Gasteiger partial charge in [-0.3, -0.25) is 4.79 Å². The van der Waals surface area contributed by atoms with Crippen molar-refractivity contribution < 1.29 is 13.2 Å². The Morgan fingerprint density at radius 1 is 1.11 bits per heavy atom. The van der Waals surface area contributed by atoms with E-state index in [0.717, 1.165) is 25.7 Å². The number of sulfone groups is 1. The Kier molecular flexibility index (Phi) is 10.1. The van der Waals surface area contributed by atoms with Crippen LogP contribution in [0.1, 0.15) is 58.8 Å². The monoisotopic (exact) mass is 291 g/mol. The minimum absolute atomic E-state index is 0.135. The zero-order valence-electron chi connectivity index (χ0n) is 12.4. The fourth-order valence-electron chi connectivity index (χ4n) is 2.20. The van der Waals surface area contributed by atoms with Crippen molar-refractivity contribution in [1.82, 2.24) is 0 Å². The zero-order chi connectivity index (χ0) is 14.7. The molecule has 4 nitrogen and oxygen atoms in total. The Balaban J connectivity index is 3.85. The Morgan fingerprint density at radius 3 is 2.32 bits per heavy atom. The Morgan fingerprint density at radius 2 is 1.79 bits per heavy atom. The van der Waals surface area contributed by atoms with E-state index in [4.69, 9.17) is 5.73 Å². The smallest absolute Gasteiger partial charge is 0.150 e. The number of hydrogen-bond acceptors (Lipinski definition) is 4. The van der Waals surface area contributed by atoms with Crippen LogP contribution in [0.25, 0.3) is 0 Å². The number of nitrogens with two attached hydrogens (primary N) is 1. The maximum absolute atomic E-state index is 11.7. The SMILES string of the molecule is CCCC(CCN)CCC(=O)CCCS(=O)(=O)CC. The molecule has 0 radical (unpaired) electrons. The minimum Gasteiger partial charge on any atom is -0.330 e. The topological polar surface area (TPSA) is 77.2 Å². The van der Waals surface area contributed by atoms with Crippen molar-refractivity contribution in [2.24, 2.45) is 11.7 Å². The van der Waals surface area contributed by atoms with Gasteiger partial charge in [0.2, 0.25) is 0 Å². The maximum atomic E-state index is 11.7. The number of carbonyl (C=O) groups excluding carboxylic acids is 1. The molecular formula is C14H29NO3S. The van der Waals surface area contributed by atoms with Crippen molar-refractivity contribution in [1.29, 1.82) is 0 Å². The van der Waals surface area contributed by atoms with Gasteiger partial charge in [0.1, 0.15) is 15.6 Å². The molecule has 0 bridgehead atoms. The zero-order valence-corrected chi connectivity index (χ0v) is 13.2. The summed E-state index contributed by atoms with van der Waals surface area (Å²) < 4.78 is 22.6. The van der Waals surface area contributed by atoms with Gasteiger partial charge in [-0.1, -0.05) is 26.7 Å². The summed E-state index contributed by atoms with van der Waals surface area (Å²) in [5.41, 5.74) is 5.56. The van der Waals surface area contributed by atoms with Gasteiger partial charge < -0.3 is 5.73 Å². The van der Waals surface area contributed by atoms with Crippen LogP contribution >= 0.6 is 0 Å². The van der Waals surface area contributed by atoms with Crippen LogP contribution in [0.15, 0.2) is 0 Å². The van der Waals surface area contributed by atoms with Gasteiger partial charge in [0.05, 0.1) is 5.75 Å². The van der Waals surface area contributed by atoms with Crippen LogP contribution in [-0.4, -0.2) is 32.3 Å². The van der Waals surface area contributed by atoms with Crippen LogP contribution in [0.5, 0.6) is 0 Å². The fraction of sp³-hybridized carbons (Fsp3) is 0.929. The van der Waals surface area contributed by atoms with Crippen LogP contribution in [0.4, 0.5) is 0 Å². The van der Waals surface area contributed by atoms with Gasteiger partial charge >= 0.3 is 0 Å². The second kappa shape index (κ2) is 10.4. The molecule has 0 aromatic rings. The predicted octanol–water partition coefficient (Wildman–Crippen LogP) is 2.32. The second-order valence-electron chi connectivity index (χ2n) is 5.15. The maximum Gasteiger partial charge on any atom is 0.150 e. The lowest BCUT2D eigenvalue weighted by atomic mass is 9.93. The summed E-state index contributed by atoms with van der Waals surface area (Å²) in [4.78, 5) is 11.7. The molecule has 0 saturated carbocycles. The first-order valence-electron chi connectivity index (χ1n) is 7.37. The van der Waals surface area contributed by atoms with Crippen LogP contribution in [0, 0.1) is 5.92 Å². The molecule has 5 heteroatoms. The third-order valence-electron chi connectivity index (χ3n) is 3.45. The molecule has 0 aromatic heterocycles. The summed E-state index contributed by atoms with van der Waals surface area (Å²) in [7, 11) is -2.93. The summed E-state index contributed by atoms with van der Waals surface area (Å²) in [6, 6.07) is 0. The molecule has 19 heavy (non-hydrogen) atoms. The van der Waals surface area contributed by atoms with Crippen LogP contribution in [0.2, 0.25) is 0 Å². The van der Waals surface area contributed by atoms with Gasteiger partial charge in [0.25, 0.3) is 0 Å². The van der Waals surface area contributed by atoms with Crippen molar-refractivity contribution in [3.63, 3.8) is 0 Å². The molecule has 1 unspecified atom stereocenters. The van der Waals surface area contributed by atoms with Crippen molar-refractivity contribution in [3.05, 3.63) is 0 Å². The van der Waals surface area contributed by atoms with E-state index in [2.05, 4.69) is 6.92 Å². The van der Waals surface area contributed by atoms with E-state index in [1.165, 1.54) is 0 Å². The number of Topliss-reactive ketones (excluding diaryl/α,β-unsaturated/α-hetero) is 1. The molecule has 0 heterocycles. The summed E-state index contributed by atoms with van der Waals surface area (Å²) >= 11 is 0. The van der Waals surface area contributed by atoms with Gasteiger partial charge in [-0.25, -0.2) is 8.42 Å². The first kappa shape index (κ1) is 18.6. The van der Waals surface area contributed by atoms with Crippen LogP contribution in [0.3, 0.4) is 0 Å². The van der Waals surface area contributed by atoms with Crippen molar-refractivity contribution >= 4 is 15.6 Å². The number of rotatable bonds is 12. The molecule has 0 saturated heterocycles. The lowest BCUT2D eigenvalue weighted by Gasteiger charge is -2.14. The van der Waals surface area contributed by atoms with Crippen molar-refractivity contribution in [3.8, 4) is 0 Å². The van der Waals surface area contributed by atoms with Gasteiger partial charge in [0.15, 0.2) is 0 Å². The molecular weight excluding hydrogens is 262 g/mol. The van der Waals surface area contributed by atoms with Crippen molar-refractivity contribution in [2.75, 3.05) is 18.1 Å². The average molecular weight is 291 g/mol. The largest absolute Gasteiger partial charge is 0.330 e. The summed E-state index contributed by atoms with van der Waals surface area (Å²) in [6.07, 6.45) is 5.53. The molecule has 0 fully saturated rings. The van der Waals surface area contributed by atoms with E-state index >= 15 is 0 Å². The highest BCUT2D eigenvalue weighted by Crippen LogP contribution is 2.17. The van der Waals surface area contributed by atoms with Crippen molar-refractivity contribution in [2.45, 2.75) is 58.8 Å². The standard InChI is InChI=1S/C14H29NO3S/c1-3-6-13(10-11-15)8-9-14(16)7-5-12-19(17,18)4-2/h13H,3-12,15H2,1-2H3. The van der Waals surface area contributed by atoms with E-state index < -0.39 is 9.84 Å². The summed E-state index contributed by atoms with van der Waals surface area (Å²) in [5, 5.41) is 0. The van der Waals surface area contributed by atoms with E-state index in [1.54, 1.807) is 6.92 Å². The molecule has 0 aliphatic heterocycles. The molecule has 0 aliphatic rings. The third-order valence-corrected chi connectivity index (χ3v) is 5.24. The molecule has 0 rings (SSSR count). The number of hydrogen-bond donors (Lipinski definition) is 1. The third kappa shape index (κ3) is 10.1. The highest BCUT2D eigenvalue weighted by atomic mass is 32.2. The summed E-state index contributed by atoms with van der Waals surface area (Å²) in [5.74, 6) is 1.02. The highest BCUT2D eigenvalue weighted by Gasteiger charge is 2.12. The first-order valence-corrected chi connectivity index (χ1v) is 9.19. The molecule has 0 spiro atoms. The summed E-state index contributed by atoms with van der Waals surface area (Å²) in [6.45, 7) is 4.45. The molecule has 0 aromatic carbocycles. The molecule has 0 aliphatic carbocycles. The average Bonchev–Trinajstić information content (AvgIpc) is 2.36. The quantitative estimate of drug-likeness (QED) is 0.598. The number of ketones is 1. The Labute approximate surface area is 118 Å². The number of carbonyl (C=O) groups is 1. The molecule has 1 atom stereocenters. The predicted molar refractivity (Wildman–Crippen MR) is 79.9 cm³/mol. The van der Waals surface area contributed by atoms with Crippen LogP contribution < -0.4 is 5.73 Å². The molecule has 2 N–H and O–H groups in total. The van der Waals surface area contributed by atoms with Crippen LogP contribution in [-0.2, 0) is 14.6 Å². The Hall–Kier alpha value is -0.420. The van der Waals surface area contributed by atoms with Gasteiger partial charge in [-0.2, -0.15) is 0 Å². The van der Waals surface area contributed by atoms with E-state index in [1.807, 2.05) is 0 Å². The normalized spacial score (nSPS) is 13.4. The highest BCUT2D eigenvalue weighted by molar-refractivity contribution is 7.91. The van der Waals surface area contributed by atoms with Gasteiger partial charge in [-0.05, 0) is 31.7 Å². The Bertz CT molecular complexity index is 333. The fourth-order valence-corrected chi connectivity index (χ4v) is 3.07. The van der Waals surface area contributed by atoms with E-state index in [0.29, 0.717) is 31.7 Å². The first-order chi connectivity index (χ1) is 8.95. The van der Waals surface area contributed by atoms with E-state index in [9.17, 15) is 13.2 Å². The van der Waals surface area contributed by atoms with E-state index in [-0.39, 0.29) is 17.3 Å². The molecule has 0 amide bonds. The van der Waals surface area contributed by atoms with Gasteiger partial charge in [-0.15, -0.1) is 0 Å². The lowest BCUT2D eigenvalue weighted by molar-refractivity contribution is -0.119. The molecule has 114 valence electrons. The minimum atomic E-state index is -2.93. The lowest BCUT2D eigenvalue weighted by Crippen LogP contribution is -2.12. The van der Waals surface area contributed by atoms with Gasteiger partial charge in [0, 0.05) is 18.6 Å².